The van der Waals surface area contributed by atoms with Crippen LogP contribution in [-0.4, -0.2) is 6.17 Å². The first kappa shape index (κ1) is 8.30. The van der Waals surface area contributed by atoms with E-state index in [1.54, 1.807) is 0 Å². The molecule has 0 spiro atoms. The molecule has 1 aliphatic carbocycles. The molecule has 0 aromatic carbocycles. The summed E-state index contributed by atoms with van der Waals surface area (Å²) in [7, 11) is 0. The van der Waals surface area contributed by atoms with E-state index in [4.69, 9.17) is 0 Å². The van der Waals surface area contributed by atoms with Crippen molar-refractivity contribution in [2.75, 3.05) is 0 Å². The molecule has 0 radical (unpaired) electrons. The van der Waals surface area contributed by atoms with Gasteiger partial charge in [0.25, 0.3) is 0 Å². The van der Waals surface area contributed by atoms with Gasteiger partial charge in [-0.25, -0.2) is 17.6 Å². The van der Waals surface area contributed by atoms with Crippen LogP contribution < -0.4 is 0 Å². The molecule has 0 nitrogen and oxygen atoms in total. The number of alkyl halides is 1. The maximum absolute atomic E-state index is 12.5. The van der Waals surface area contributed by atoms with Gasteiger partial charge in [-0.15, -0.1) is 0 Å². The maximum Gasteiger partial charge on any atom is 0.160 e. The lowest BCUT2D eigenvalue weighted by Gasteiger charge is -2.13. The van der Waals surface area contributed by atoms with Gasteiger partial charge in [0.2, 0.25) is 0 Å². The van der Waals surface area contributed by atoms with Gasteiger partial charge >= 0.3 is 0 Å². The Hall–Kier alpha value is -0.800. The Morgan fingerprint density at radius 3 is 2.36 bits per heavy atom. The Morgan fingerprint density at radius 1 is 1.27 bits per heavy atom. The van der Waals surface area contributed by atoms with E-state index in [9.17, 15) is 17.6 Å². The predicted molar refractivity (Wildman–Crippen MR) is 32.6 cm³/mol. The van der Waals surface area contributed by atoms with Gasteiger partial charge in [0.15, 0.2) is 12.0 Å². The molecule has 0 saturated heterocycles. The van der Waals surface area contributed by atoms with E-state index in [0.717, 1.165) is 6.92 Å². The molecule has 0 aromatic heterocycles. The highest BCUT2D eigenvalue weighted by atomic mass is 19.2. The highest BCUT2D eigenvalue weighted by Gasteiger charge is 2.27. The molecule has 11 heavy (non-hydrogen) atoms. The summed E-state index contributed by atoms with van der Waals surface area (Å²) in [6.45, 7) is 1.01. The molecule has 1 rings (SSSR count). The van der Waals surface area contributed by atoms with Crippen molar-refractivity contribution in [3.63, 3.8) is 0 Å². The number of hydrogen-bond acceptors (Lipinski definition) is 0. The second kappa shape index (κ2) is 2.68. The van der Waals surface area contributed by atoms with Crippen molar-refractivity contribution in [2.45, 2.75) is 19.5 Å². The second-order valence-corrected chi connectivity index (χ2v) is 2.36. The highest BCUT2D eigenvalue weighted by molar-refractivity contribution is 5.34. The normalized spacial score (nSPS) is 26.5. The standard InChI is InChI=1S/C7H6F4/c1-3-6(10)4(8)2-5(9)7(3)11/h4H,2H2,1H3. The van der Waals surface area contributed by atoms with Crippen molar-refractivity contribution in [3.8, 4) is 0 Å². The van der Waals surface area contributed by atoms with Gasteiger partial charge in [0.05, 0.1) is 0 Å². The fraction of sp³-hybridized carbons (Fsp3) is 0.429. The van der Waals surface area contributed by atoms with E-state index in [2.05, 4.69) is 0 Å². The summed E-state index contributed by atoms with van der Waals surface area (Å²) in [6.07, 6.45) is -2.84. The van der Waals surface area contributed by atoms with E-state index in [0.29, 0.717) is 0 Å². The van der Waals surface area contributed by atoms with Crippen LogP contribution in [0.5, 0.6) is 0 Å². The maximum atomic E-state index is 12.5. The van der Waals surface area contributed by atoms with Crippen molar-refractivity contribution in [1.82, 2.24) is 0 Å². The van der Waals surface area contributed by atoms with Crippen LogP contribution in [0.4, 0.5) is 17.6 Å². The smallest absolute Gasteiger partial charge is 0.160 e. The third kappa shape index (κ3) is 1.29. The molecular formula is C7H6F4. The molecule has 0 bridgehead atoms. The first-order valence-electron chi connectivity index (χ1n) is 3.09. The van der Waals surface area contributed by atoms with Crippen LogP contribution >= 0.6 is 0 Å². The minimum atomic E-state index is -2.02. The molecule has 0 N–H and O–H groups in total. The monoisotopic (exact) mass is 166 g/mol. The summed E-state index contributed by atoms with van der Waals surface area (Å²) >= 11 is 0. The van der Waals surface area contributed by atoms with Crippen molar-refractivity contribution < 1.29 is 17.6 Å². The third-order valence-corrected chi connectivity index (χ3v) is 1.56. The molecule has 1 aliphatic rings. The number of hydrogen-bond donors (Lipinski definition) is 0. The van der Waals surface area contributed by atoms with Crippen molar-refractivity contribution >= 4 is 0 Å². The van der Waals surface area contributed by atoms with Crippen molar-refractivity contribution in [1.29, 1.82) is 0 Å². The zero-order valence-electron chi connectivity index (χ0n) is 5.80. The lowest BCUT2D eigenvalue weighted by atomic mass is 10.0. The van der Waals surface area contributed by atoms with Gasteiger partial charge in [-0.2, -0.15) is 0 Å². The van der Waals surface area contributed by atoms with Crippen LogP contribution in [0.25, 0.3) is 0 Å². The molecule has 0 saturated carbocycles. The molecule has 62 valence electrons. The molecule has 0 aromatic rings. The average Bonchev–Trinajstić information content (AvgIpc) is 1.97. The molecule has 1 atom stereocenters. The summed E-state index contributed by atoms with van der Waals surface area (Å²) in [4.78, 5) is 0. The fourth-order valence-electron chi connectivity index (χ4n) is 0.880. The van der Waals surface area contributed by atoms with E-state index in [1.165, 1.54) is 0 Å². The van der Waals surface area contributed by atoms with Crippen molar-refractivity contribution in [3.05, 3.63) is 23.1 Å². The molecule has 0 heterocycles. The summed E-state index contributed by atoms with van der Waals surface area (Å²) in [5.41, 5.74) is -0.568. The predicted octanol–water partition coefficient (Wildman–Crippen LogP) is 3.12. The van der Waals surface area contributed by atoms with Gasteiger partial charge in [-0.05, 0) is 6.92 Å². The Labute approximate surface area is 61.2 Å². The highest BCUT2D eigenvalue weighted by Crippen LogP contribution is 2.33. The SMILES string of the molecule is CC1=C(F)C(F)CC(F)=C1F. The van der Waals surface area contributed by atoms with Crippen LogP contribution in [0.15, 0.2) is 23.1 Å². The van der Waals surface area contributed by atoms with Gasteiger partial charge in [0.1, 0.15) is 11.7 Å². The van der Waals surface area contributed by atoms with Crippen molar-refractivity contribution in [2.24, 2.45) is 0 Å². The van der Waals surface area contributed by atoms with Gasteiger partial charge < -0.3 is 0 Å². The lowest BCUT2D eigenvalue weighted by molar-refractivity contribution is 0.289. The Kier molecular flexibility index (Phi) is 2.02. The Balaban J connectivity index is 3.07. The quantitative estimate of drug-likeness (QED) is 0.485. The molecular weight excluding hydrogens is 160 g/mol. The summed E-state index contributed by atoms with van der Waals surface area (Å²) in [6, 6.07) is 0. The van der Waals surface area contributed by atoms with E-state index in [1.807, 2.05) is 0 Å². The van der Waals surface area contributed by atoms with Gasteiger partial charge in [0, 0.05) is 12.0 Å². The summed E-state index contributed by atoms with van der Waals surface area (Å²) in [5, 5.41) is 0. The van der Waals surface area contributed by atoms with Crippen LogP contribution in [0.3, 0.4) is 0 Å². The number of halogens is 4. The minimum Gasteiger partial charge on any atom is -0.239 e. The largest absolute Gasteiger partial charge is 0.239 e. The molecule has 0 aliphatic heterocycles. The third-order valence-electron chi connectivity index (χ3n) is 1.56. The van der Waals surface area contributed by atoms with Crippen LogP contribution in [-0.2, 0) is 0 Å². The van der Waals surface area contributed by atoms with Crippen LogP contribution in [0, 0.1) is 0 Å². The van der Waals surface area contributed by atoms with Crippen LogP contribution in [0.1, 0.15) is 13.3 Å². The molecule has 0 amide bonds. The van der Waals surface area contributed by atoms with Crippen LogP contribution in [0.2, 0.25) is 0 Å². The minimum absolute atomic E-state index is 0.568. The lowest BCUT2D eigenvalue weighted by Crippen LogP contribution is -2.09. The first-order chi connectivity index (χ1) is 5.04. The summed E-state index contributed by atoms with van der Waals surface area (Å²) < 4.78 is 49.6. The molecule has 4 heteroatoms. The second-order valence-electron chi connectivity index (χ2n) is 2.36. The molecule has 1 unspecified atom stereocenters. The van der Waals surface area contributed by atoms with Gasteiger partial charge in [-0.1, -0.05) is 0 Å². The first-order valence-corrected chi connectivity index (χ1v) is 3.09. The summed E-state index contributed by atoms with van der Waals surface area (Å²) in [5.74, 6) is -3.68. The molecule has 0 fully saturated rings. The van der Waals surface area contributed by atoms with E-state index >= 15 is 0 Å². The zero-order chi connectivity index (χ0) is 8.59. The van der Waals surface area contributed by atoms with Gasteiger partial charge in [-0.3, -0.25) is 0 Å². The number of allylic oxidation sites excluding steroid dienone is 4. The average molecular weight is 166 g/mol. The zero-order valence-corrected chi connectivity index (χ0v) is 5.80. The van der Waals surface area contributed by atoms with E-state index in [-0.39, 0.29) is 0 Å². The Morgan fingerprint density at radius 2 is 1.82 bits per heavy atom. The van der Waals surface area contributed by atoms with E-state index < -0.39 is 35.6 Å². The fourth-order valence-corrected chi connectivity index (χ4v) is 0.880. The topological polar surface area (TPSA) is 0 Å². The Bertz CT molecular complexity index is 239. The number of rotatable bonds is 0.